The molecule has 1 aromatic carbocycles. The fourth-order valence-corrected chi connectivity index (χ4v) is 2.19. The number of anilines is 1. The van der Waals surface area contributed by atoms with E-state index in [1.54, 1.807) is 7.05 Å². The molecule has 1 aromatic rings. The molecule has 1 heterocycles. The van der Waals surface area contributed by atoms with Crippen LogP contribution in [0.25, 0.3) is 0 Å². The summed E-state index contributed by atoms with van der Waals surface area (Å²) >= 11 is 0. The molecular weight excluding hydrogens is 200 g/mol. The second kappa shape index (κ2) is 4.66. The zero-order chi connectivity index (χ0) is 11.5. The zero-order valence-electron chi connectivity index (χ0n) is 9.92. The number of carbonyl (C=O) groups excluding carboxylic acids is 1. The van der Waals surface area contributed by atoms with Crippen molar-refractivity contribution >= 4 is 11.6 Å². The van der Waals surface area contributed by atoms with Crippen LogP contribution >= 0.6 is 0 Å². The second-order valence-electron chi connectivity index (χ2n) is 4.31. The molecule has 1 aliphatic heterocycles. The summed E-state index contributed by atoms with van der Waals surface area (Å²) in [5, 5.41) is 2.92. The maximum absolute atomic E-state index is 11.9. The van der Waals surface area contributed by atoms with Gasteiger partial charge in [0, 0.05) is 12.2 Å². The Kier molecular flexibility index (Phi) is 3.25. The van der Waals surface area contributed by atoms with Crippen molar-refractivity contribution in [3.05, 3.63) is 29.3 Å². The molecule has 16 heavy (non-hydrogen) atoms. The van der Waals surface area contributed by atoms with Gasteiger partial charge in [0.15, 0.2) is 0 Å². The van der Waals surface area contributed by atoms with Gasteiger partial charge in [-0.1, -0.05) is 12.1 Å². The highest BCUT2D eigenvalue weighted by Gasteiger charge is 2.21. The third-order valence-electron chi connectivity index (χ3n) is 2.99. The quantitative estimate of drug-likeness (QED) is 0.815. The van der Waals surface area contributed by atoms with Crippen molar-refractivity contribution in [1.82, 2.24) is 5.32 Å². The Hall–Kier alpha value is -1.35. The SMILES string of the molecule is CNCC(=O)N1CCCc2ccc(C)cc21. The number of hydrogen-bond donors (Lipinski definition) is 1. The molecule has 1 amide bonds. The molecule has 2 rings (SSSR count). The number of aryl methyl sites for hydroxylation is 2. The van der Waals surface area contributed by atoms with Gasteiger partial charge in [0.25, 0.3) is 0 Å². The molecular formula is C13H18N2O. The van der Waals surface area contributed by atoms with Crippen LogP contribution in [0, 0.1) is 6.92 Å². The van der Waals surface area contributed by atoms with Crippen molar-refractivity contribution in [2.24, 2.45) is 0 Å². The number of amides is 1. The molecule has 0 fully saturated rings. The maximum atomic E-state index is 11.9. The van der Waals surface area contributed by atoms with Crippen molar-refractivity contribution in [3.63, 3.8) is 0 Å². The first-order valence-corrected chi connectivity index (χ1v) is 5.77. The molecule has 0 aliphatic carbocycles. The van der Waals surface area contributed by atoms with E-state index in [1.165, 1.54) is 11.1 Å². The first-order chi connectivity index (χ1) is 7.72. The van der Waals surface area contributed by atoms with Gasteiger partial charge in [0.05, 0.1) is 6.54 Å². The summed E-state index contributed by atoms with van der Waals surface area (Å²) in [7, 11) is 1.80. The Labute approximate surface area is 96.5 Å². The Morgan fingerprint density at radius 1 is 1.50 bits per heavy atom. The lowest BCUT2D eigenvalue weighted by Gasteiger charge is -2.29. The van der Waals surface area contributed by atoms with E-state index in [4.69, 9.17) is 0 Å². The largest absolute Gasteiger partial charge is 0.311 e. The van der Waals surface area contributed by atoms with Crippen LogP contribution in [0.1, 0.15) is 17.5 Å². The van der Waals surface area contributed by atoms with Crippen LogP contribution < -0.4 is 10.2 Å². The summed E-state index contributed by atoms with van der Waals surface area (Å²) in [6.45, 7) is 3.32. The van der Waals surface area contributed by atoms with E-state index in [0.29, 0.717) is 6.54 Å². The normalized spacial score (nSPS) is 14.8. The summed E-state index contributed by atoms with van der Waals surface area (Å²) in [4.78, 5) is 13.8. The minimum Gasteiger partial charge on any atom is -0.311 e. The predicted octanol–water partition coefficient (Wildman–Crippen LogP) is 1.49. The second-order valence-corrected chi connectivity index (χ2v) is 4.31. The van der Waals surface area contributed by atoms with Crippen LogP contribution in [-0.4, -0.2) is 26.0 Å². The molecule has 0 saturated carbocycles. The molecule has 0 aromatic heterocycles. The van der Waals surface area contributed by atoms with Crippen LogP contribution in [0.4, 0.5) is 5.69 Å². The molecule has 0 unspecified atom stereocenters. The smallest absolute Gasteiger partial charge is 0.240 e. The summed E-state index contributed by atoms with van der Waals surface area (Å²) < 4.78 is 0. The number of benzene rings is 1. The Balaban J connectivity index is 2.31. The Bertz CT molecular complexity index is 401. The van der Waals surface area contributed by atoms with Gasteiger partial charge in [-0.3, -0.25) is 4.79 Å². The monoisotopic (exact) mass is 218 g/mol. The van der Waals surface area contributed by atoms with Gasteiger partial charge in [-0.15, -0.1) is 0 Å². The molecule has 3 heteroatoms. The number of likely N-dealkylation sites (N-methyl/N-ethyl adjacent to an activating group) is 1. The average molecular weight is 218 g/mol. The topological polar surface area (TPSA) is 32.3 Å². The van der Waals surface area contributed by atoms with Crippen LogP contribution in [-0.2, 0) is 11.2 Å². The number of nitrogens with zero attached hydrogens (tertiary/aromatic N) is 1. The van der Waals surface area contributed by atoms with Crippen molar-refractivity contribution < 1.29 is 4.79 Å². The van der Waals surface area contributed by atoms with Crippen molar-refractivity contribution in [3.8, 4) is 0 Å². The van der Waals surface area contributed by atoms with E-state index in [9.17, 15) is 4.79 Å². The van der Waals surface area contributed by atoms with E-state index < -0.39 is 0 Å². The van der Waals surface area contributed by atoms with Crippen LogP contribution in [0.2, 0.25) is 0 Å². The lowest BCUT2D eigenvalue weighted by atomic mass is 10.00. The standard InChI is InChI=1S/C13H18N2O/c1-10-5-6-11-4-3-7-15(12(11)8-10)13(16)9-14-2/h5-6,8,14H,3-4,7,9H2,1-2H3. The summed E-state index contributed by atoms with van der Waals surface area (Å²) in [6, 6.07) is 6.37. The number of fused-ring (bicyclic) bond motifs is 1. The minimum absolute atomic E-state index is 0.161. The fraction of sp³-hybridized carbons (Fsp3) is 0.462. The predicted molar refractivity (Wildman–Crippen MR) is 65.8 cm³/mol. The number of hydrogen-bond acceptors (Lipinski definition) is 2. The summed E-state index contributed by atoms with van der Waals surface area (Å²) in [6.07, 6.45) is 2.14. The Morgan fingerprint density at radius 3 is 3.06 bits per heavy atom. The fourth-order valence-electron chi connectivity index (χ4n) is 2.19. The maximum Gasteiger partial charge on any atom is 0.240 e. The highest BCUT2D eigenvalue weighted by Crippen LogP contribution is 2.27. The summed E-state index contributed by atoms with van der Waals surface area (Å²) in [5.74, 6) is 0.161. The van der Waals surface area contributed by atoms with Gasteiger partial charge in [-0.05, 0) is 44.0 Å². The number of carbonyl (C=O) groups is 1. The van der Waals surface area contributed by atoms with E-state index >= 15 is 0 Å². The molecule has 0 spiro atoms. The van der Waals surface area contributed by atoms with Crippen molar-refractivity contribution in [2.75, 3.05) is 25.0 Å². The van der Waals surface area contributed by atoms with Gasteiger partial charge in [-0.2, -0.15) is 0 Å². The third kappa shape index (κ3) is 2.09. The van der Waals surface area contributed by atoms with Gasteiger partial charge in [-0.25, -0.2) is 0 Å². The lowest BCUT2D eigenvalue weighted by molar-refractivity contribution is -0.117. The molecule has 0 radical (unpaired) electrons. The van der Waals surface area contributed by atoms with Crippen molar-refractivity contribution in [2.45, 2.75) is 19.8 Å². The zero-order valence-corrected chi connectivity index (χ0v) is 9.92. The van der Waals surface area contributed by atoms with E-state index in [2.05, 4.69) is 30.4 Å². The van der Waals surface area contributed by atoms with Crippen molar-refractivity contribution in [1.29, 1.82) is 0 Å². The first-order valence-electron chi connectivity index (χ1n) is 5.77. The molecule has 1 N–H and O–H groups in total. The van der Waals surface area contributed by atoms with Crippen LogP contribution in [0.5, 0.6) is 0 Å². The summed E-state index contributed by atoms with van der Waals surface area (Å²) in [5.41, 5.74) is 3.61. The minimum atomic E-state index is 0.161. The van der Waals surface area contributed by atoms with Crippen LogP contribution in [0.3, 0.4) is 0 Å². The molecule has 0 bridgehead atoms. The molecule has 0 atom stereocenters. The molecule has 86 valence electrons. The number of rotatable bonds is 2. The highest BCUT2D eigenvalue weighted by molar-refractivity contribution is 5.96. The lowest BCUT2D eigenvalue weighted by Crippen LogP contribution is -2.40. The molecule has 1 aliphatic rings. The van der Waals surface area contributed by atoms with E-state index in [0.717, 1.165) is 25.1 Å². The molecule has 3 nitrogen and oxygen atoms in total. The van der Waals surface area contributed by atoms with Gasteiger partial charge < -0.3 is 10.2 Å². The van der Waals surface area contributed by atoms with E-state index in [-0.39, 0.29) is 5.91 Å². The van der Waals surface area contributed by atoms with Gasteiger partial charge >= 0.3 is 0 Å². The number of nitrogens with one attached hydrogen (secondary N) is 1. The third-order valence-corrected chi connectivity index (χ3v) is 2.99. The van der Waals surface area contributed by atoms with E-state index in [1.807, 2.05) is 4.90 Å². The van der Waals surface area contributed by atoms with Gasteiger partial charge in [0.2, 0.25) is 5.91 Å². The molecule has 0 saturated heterocycles. The van der Waals surface area contributed by atoms with Crippen LogP contribution in [0.15, 0.2) is 18.2 Å². The average Bonchev–Trinajstić information content (AvgIpc) is 2.28. The van der Waals surface area contributed by atoms with Gasteiger partial charge in [0.1, 0.15) is 0 Å². The first kappa shape index (κ1) is 11.1. The Morgan fingerprint density at radius 2 is 2.31 bits per heavy atom. The highest BCUT2D eigenvalue weighted by atomic mass is 16.2.